The smallest absolute Gasteiger partial charge is 0.168 e. The van der Waals surface area contributed by atoms with E-state index >= 15 is 0 Å². The molecule has 0 spiro atoms. The highest BCUT2D eigenvalue weighted by molar-refractivity contribution is 7.98. The van der Waals surface area contributed by atoms with Gasteiger partial charge in [-0.25, -0.2) is 4.68 Å². The molecule has 1 saturated carbocycles. The SMILES string of the molecule is CSCCC(c1nnnn1C1CCCC1)N1CCN(C/C=C/c2ccccc2)CC1. The molecule has 1 atom stereocenters. The van der Waals surface area contributed by atoms with Crippen LogP contribution in [-0.4, -0.2) is 74.7 Å². The predicted molar refractivity (Wildman–Crippen MR) is 125 cm³/mol. The van der Waals surface area contributed by atoms with Crippen LogP contribution in [0.5, 0.6) is 0 Å². The highest BCUT2D eigenvalue weighted by Gasteiger charge is 2.31. The molecule has 1 aliphatic carbocycles. The minimum absolute atomic E-state index is 0.329. The van der Waals surface area contributed by atoms with Gasteiger partial charge in [0.25, 0.3) is 0 Å². The normalized spacial score (nSPS) is 20.3. The molecule has 4 rings (SSSR count). The summed E-state index contributed by atoms with van der Waals surface area (Å²) in [4.78, 5) is 5.16. The van der Waals surface area contributed by atoms with E-state index in [1.54, 1.807) is 0 Å². The number of aromatic nitrogens is 4. The molecular weight excluding hydrogens is 392 g/mol. The molecule has 0 bridgehead atoms. The summed E-state index contributed by atoms with van der Waals surface area (Å²) in [6.07, 6.45) is 12.9. The van der Waals surface area contributed by atoms with Crippen molar-refractivity contribution in [1.82, 2.24) is 30.0 Å². The fourth-order valence-electron chi connectivity index (χ4n) is 4.69. The van der Waals surface area contributed by atoms with Crippen LogP contribution >= 0.6 is 11.8 Å². The predicted octanol–water partition coefficient (Wildman–Crippen LogP) is 3.91. The summed E-state index contributed by atoms with van der Waals surface area (Å²) in [6.45, 7) is 5.36. The minimum Gasteiger partial charge on any atom is -0.297 e. The number of hydrogen-bond acceptors (Lipinski definition) is 6. The lowest BCUT2D eigenvalue weighted by Crippen LogP contribution is -2.48. The zero-order valence-corrected chi connectivity index (χ0v) is 18.9. The van der Waals surface area contributed by atoms with Gasteiger partial charge in [-0.05, 0) is 47.3 Å². The van der Waals surface area contributed by atoms with E-state index in [4.69, 9.17) is 0 Å². The number of benzene rings is 1. The Morgan fingerprint density at radius 2 is 1.87 bits per heavy atom. The lowest BCUT2D eigenvalue weighted by molar-refractivity contribution is 0.0943. The Labute approximate surface area is 184 Å². The van der Waals surface area contributed by atoms with Gasteiger partial charge in [0.1, 0.15) is 0 Å². The number of hydrogen-bond donors (Lipinski definition) is 0. The lowest BCUT2D eigenvalue weighted by Gasteiger charge is -2.38. The van der Waals surface area contributed by atoms with Crippen molar-refractivity contribution in [3.8, 4) is 0 Å². The maximum Gasteiger partial charge on any atom is 0.168 e. The van der Waals surface area contributed by atoms with Crippen LogP contribution in [0.15, 0.2) is 36.4 Å². The first kappa shape index (κ1) is 21.5. The Balaban J connectivity index is 1.36. The van der Waals surface area contributed by atoms with Crippen molar-refractivity contribution >= 4 is 17.8 Å². The fourth-order valence-corrected chi connectivity index (χ4v) is 5.15. The van der Waals surface area contributed by atoms with Crippen LogP contribution in [0.2, 0.25) is 0 Å². The Bertz CT molecular complexity index is 778. The van der Waals surface area contributed by atoms with Gasteiger partial charge >= 0.3 is 0 Å². The van der Waals surface area contributed by atoms with Crippen molar-refractivity contribution in [2.75, 3.05) is 44.7 Å². The highest BCUT2D eigenvalue weighted by Crippen LogP contribution is 2.33. The van der Waals surface area contributed by atoms with Crippen LogP contribution in [0.1, 0.15) is 55.6 Å². The van der Waals surface area contributed by atoms with Crippen molar-refractivity contribution in [3.05, 3.63) is 47.8 Å². The Kier molecular flexibility index (Phi) is 7.94. The van der Waals surface area contributed by atoms with Crippen LogP contribution in [0, 0.1) is 0 Å². The molecule has 1 aliphatic heterocycles. The Morgan fingerprint density at radius 3 is 2.60 bits per heavy atom. The first-order chi connectivity index (χ1) is 14.8. The van der Waals surface area contributed by atoms with E-state index < -0.39 is 0 Å². The second kappa shape index (κ2) is 11.1. The van der Waals surface area contributed by atoms with E-state index in [1.165, 1.54) is 31.2 Å². The summed E-state index contributed by atoms with van der Waals surface area (Å²) in [5, 5.41) is 13.0. The molecule has 1 saturated heterocycles. The van der Waals surface area contributed by atoms with Crippen LogP contribution in [0.25, 0.3) is 6.08 Å². The summed E-state index contributed by atoms with van der Waals surface area (Å²) in [5.74, 6) is 2.23. The van der Waals surface area contributed by atoms with Crippen molar-refractivity contribution in [3.63, 3.8) is 0 Å². The van der Waals surface area contributed by atoms with Crippen molar-refractivity contribution in [1.29, 1.82) is 0 Å². The molecule has 7 heteroatoms. The third-order valence-electron chi connectivity index (χ3n) is 6.40. The van der Waals surface area contributed by atoms with Gasteiger partial charge in [-0.2, -0.15) is 11.8 Å². The Hall–Kier alpha value is -1.70. The van der Waals surface area contributed by atoms with E-state index in [2.05, 4.69) is 78.7 Å². The second-order valence-electron chi connectivity index (χ2n) is 8.37. The van der Waals surface area contributed by atoms with Gasteiger partial charge in [0.05, 0.1) is 12.1 Å². The molecule has 0 radical (unpaired) electrons. The highest BCUT2D eigenvalue weighted by atomic mass is 32.2. The summed E-state index contributed by atoms with van der Waals surface area (Å²) in [6, 6.07) is 11.4. The molecule has 162 valence electrons. The first-order valence-electron chi connectivity index (χ1n) is 11.3. The maximum absolute atomic E-state index is 4.52. The zero-order chi connectivity index (χ0) is 20.6. The van der Waals surface area contributed by atoms with E-state index in [9.17, 15) is 0 Å². The molecule has 2 aromatic rings. The van der Waals surface area contributed by atoms with Gasteiger partial charge in [-0.15, -0.1) is 5.10 Å². The van der Waals surface area contributed by atoms with Crippen LogP contribution < -0.4 is 0 Å². The standard InChI is InChI=1S/C23H34N6S/c1-30-19-13-22(23-24-25-26-29(23)21-11-5-6-12-21)28-17-15-27(16-18-28)14-7-10-20-8-3-2-4-9-20/h2-4,7-10,21-22H,5-6,11-19H2,1H3/b10-7+. The van der Waals surface area contributed by atoms with E-state index in [0.29, 0.717) is 12.1 Å². The molecular formula is C23H34N6S. The fraction of sp³-hybridized carbons (Fsp3) is 0.609. The summed E-state index contributed by atoms with van der Waals surface area (Å²) < 4.78 is 2.16. The molecule has 30 heavy (non-hydrogen) atoms. The first-order valence-corrected chi connectivity index (χ1v) is 12.7. The monoisotopic (exact) mass is 426 g/mol. The third-order valence-corrected chi connectivity index (χ3v) is 7.05. The van der Waals surface area contributed by atoms with Crippen LogP contribution in [-0.2, 0) is 0 Å². The molecule has 1 aromatic carbocycles. The van der Waals surface area contributed by atoms with Crippen LogP contribution in [0.4, 0.5) is 0 Å². The molecule has 1 unspecified atom stereocenters. The summed E-state index contributed by atoms with van der Waals surface area (Å²) in [7, 11) is 0. The van der Waals surface area contributed by atoms with Crippen molar-refractivity contribution in [2.24, 2.45) is 0 Å². The molecule has 2 heterocycles. The Morgan fingerprint density at radius 1 is 1.10 bits per heavy atom. The molecule has 1 aromatic heterocycles. The zero-order valence-electron chi connectivity index (χ0n) is 18.1. The molecule has 2 fully saturated rings. The summed E-state index contributed by atoms with van der Waals surface area (Å²) in [5.41, 5.74) is 1.27. The van der Waals surface area contributed by atoms with Gasteiger partial charge < -0.3 is 0 Å². The van der Waals surface area contributed by atoms with Gasteiger partial charge in [-0.1, -0.05) is 55.3 Å². The quantitative estimate of drug-likeness (QED) is 0.606. The van der Waals surface area contributed by atoms with Gasteiger partial charge in [0, 0.05) is 32.7 Å². The topological polar surface area (TPSA) is 50.1 Å². The number of tetrazole rings is 1. The van der Waals surface area contributed by atoms with Crippen LogP contribution in [0.3, 0.4) is 0 Å². The largest absolute Gasteiger partial charge is 0.297 e. The molecule has 0 amide bonds. The summed E-state index contributed by atoms with van der Waals surface area (Å²) >= 11 is 1.91. The van der Waals surface area contributed by atoms with Gasteiger partial charge in [0.2, 0.25) is 0 Å². The van der Waals surface area contributed by atoms with Crippen molar-refractivity contribution in [2.45, 2.75) is 44.2 Å². The third kappa shape index (κ3) is 5.50. The average Bonchev–Trinajstić information content (AvgIpc) is 3.48. The second-order valence-corrected chi connectivity index (χ2v) is 9.35. The van der Waals surface area contributed by atoms with E-state index in [1.807, 2.05) is 11.8 Å². The minimum atomic E-state index is 0.329. The number of thioether (sulfide) groups is 1. The van der Waals surface area contributed by atoms with E-state index in [0.717, 1.165) is 50.7 Å². The lowest BCUT2D eigenvalue weighted by atomic mass is 10.1. The van der Waals surface area contributed by atoms with Crippen molar-refractivity contribution < 1.29 is 0 Å². The number of nitrogens with zero attached hydrogens (tertiary/aromatic N) is 6. The molecule has 6 nitrogen and oxygen atoms in total. The van der Waals surface area contributed by atoms with Gasteiger partial charge in [-0.3, -0.25) is 9.80 Å². The maximum atomic E-state index is 4.52. The average molecular weight is 427 g/mol. The number of rotatable bonds is 9. The number of piperazine rings is 1. The van der Waals surface area contributed by atoms with Gasteiger partial charge in [0.15, 0.2) is 5.82 Å². The molecule has 0 N–H and O–H groups in total. The molecule has 2 aliphatic rings. The van der Waals surface area contributed by atoms with E-state index in [-0.39, 0.29) is 0 Å².